The van der Waals surface area contributed by atoms with Gasteiger partial charge in [-0.25, -0.2) is 4.79 Å². The Labute approximate surface area is 225 Å². The van der Waals surface area contributed by atoms with Crippen LogP contribution in [0.25, 0.3) is 5.69 Å². The molecule has 0 saturated carbocycles. The standard InChI is InChI=1S/C23H24Cl2F3N7O3/c1-13(36)10-30-21-32-19(33-35(21)17-5-3-2-4-16(17)25)11-31-22(38)34(12-18(37)23(26,27)28)20(29)14-6-8-15(24)9-7-14/h2-9,13,18,29,36-37H,10-12H2,1H3,(H,31,38)(H,30,32,33)/t13-,18-/m0/s1. The zero-order valence-electron chi connectivity index (χ0n) is 19.9. The van der Waals surface area contributed by atoms with E-state index < -0.39 is 36.8 Å². The highest BCUT2D eigenvalue weighted by Crippen LogP contribution is 2.23. The van der Waals surface area contributed by atoms with Crippen molar-refractivity contribution in [3.8, 4) is 5.69 Å². The van der Waals surface area contributed by atoms with Gasteiger partial charge in [0.1, 0.15) is 5.84 Å². The quantitative estimate of drug-likeness (QED) is 0.195. The SMILES string of the molecule is C[C@H](O)CNc1nc(CNC(=O)N(C[C@H](O)C(F)(F)F)C(=N)c2ccc(Cl)cc2)nn1-c1ccccc1Cl. The Morgan fingerprint density at radius 3 is 2.42 bits per heavy atom. The number of nitrogens with one attached hydrogen (secondary N) is 3. The van der Waals surface area contributed by atoms with Crippen LogP contribution in [0.1, 0.15) is 18.3 Å². The second-order valence-electron chi connectivity index (χ2n) is 8.13. The van der Waals surface area contributed by atoms with Crippen LogP contribution in [0.5, 0.6) is 0 Å². The number of amidine groups is 1. The average molecular weight is 574 g/mol. The highest BCUT2D eigenvalue weighted by Gasteiger charge is 2.41. The molecule has 5 N–H and O–H groups in total. The van der Waals surface area contributed by atoms with Crippen molar-refractivity contribution in [3.05, 3.63) is 70.0 Å². The molecule has 204 valence electrons. The number of hydrogen-bond donors (Lipinski definition) is 5. The van der Waals surface area contributed by atoms with Crippen molar-refractivity contribution in [2.75, 3.05) is 18.4 Å². The van der Waals surface area contributed by atoms with Crippen molar-refractivity contribution < 1.29 is 28.2 Å². The molecule has 0 aliphatic carbocycles. The third kappa shape index (κ3) is 7.57. The van der Waals surface area contributed by atoms with Gasteiger partial charge in [0.25, 0.3) is 0 Å². The van der Waals surface area contributed by atoms with Crippen LogP contribution in [0.4, 0.5) is 23.9 Å². The summed E-state index contributed by atoms with van der Waals surface area (Å²) >= 11 is 12.1. The fourth-order valence-corrected chi connectivity index (χ4v) is 3.48. The topological polar surface area (TPSA) is 139 Å². The van der Waals surface area contributed by atoms with Gasteiger partial charge in [0.2, 0.25) is 5.95 Å². The summed E-state index contributed by atoms with van der Waals surface area (Å²) in [5.74, 6) is -0.335. The highest BCUT2D eigenvalue weighted by molar-refractivity contribution is 6.32. The van der Waals surface area contributed by atoms with E-state index in [1.54, 1.807) is 31.2 Å². The van der Waals surface area contributed by atoms with Crippen LogP contribution in [0.3, 0.4) is 0 Å². The number of carbonyl (C=O) groups is 1. The average Bonchev–Trinajstić information content (AvgIpc) is 3.27. The number of aromatic nitrogens is 3. The van der Waals surface area contributed by atoms with Crippen LogP contribution >= 0.6 is 23.2 Å². The number of aliphatic hydroxyl groups is 2. The molecule has 0 fully saturated rings. The summed E-state index contributed by atoms with van der Waals surface area (Å²) in [6.45, 7) is 0.117. The third-order valence-corrected chi connectivity index (χ3v) is 5.62. The number of anilines is 1. The maximum atomic E-state index is 13.1. The molecule has 10 nitrogen and oxygen atoms in total. The molecule has 0 saturated heterocycles. The fourth-order valence-electron chi connectivity index (χ4n) is 3.14. The van der Waals surface area contributed by atoms with Gasteiger partial charge >= 0.3 is 12.2 Å². The maximum absolute atomic E-state index is 13.1. The lowest BCUT2D eigenvalue weighted by Crippen LogP contribution is -2.50. The van der Waals surface area contributed by atoms with E-state index in [0.717, 1.165) is 0 Å². The summed E-state index contributed by atoms with van der Waals surface area (Å²) in [4.78, 5) is 17.7. The van der Waals surface area contributed by atoms with Gasteiger partial charge in [-0.2, -0.15) is 22.8 Å². The van der Waals surface area contributed by atoms with Crippen LogP contribution in [0.2, 0.25) is 10.0 Å². The van der Waals surface area contributed by atoms with Gasteiger partial charge in [-0.1, -0.05) is 35.3 Å². The molecule has 3 aromatic rings. The van der Waals surface area contributed by atoms with E-state index >= 15 is 0 Å². The van der Waals surface area contributed by atoms with E-state index in [2.05, 4.69) is 20.7 Å². The minimum Gasteiger partial charge on any atom is -0.392 e. The summed E-state index contributed by atoms with van der Waals surface area (Å²) in [6, 6.07) is 11.2. The van der Waals surface area contributed by atoms with Crippen LogP contribution in [-0.4, -0.2) is 73.2 Å². The number of nitrogens with zero attached hydrogens (tertiary/aromatic N) is 4. The van der Waals surface area contributed by atoms with Gasteiger partial charge in [-0.15, -0.1) is 5.10 Å². The van der Waals surface area contributed by atoms with E-state index in [-0.39, 0.29) is 30.4 Å². The maximum Gasteiger partial charge on any atom is 0.416 e. The summed E-state index contributed by atoms with van der Waals surface area (Å²) in [7, 11) is 0. The first-order valence-corrected chi connectivity index (χ1v) is 11.9. The molecular formula is C23H24Cl2F3N7O3. The first-order valence-electron chi connectivity index (χ1n) is 11.1. The minimum atomic E-state index is -5.02. The Kier molecular flexibility index (Phi) is 9.55. The lowest BCUT2D eigenvalue weighted by molar-refractivity contribution is -0.204. The summed E-state index contributed by atoms with van der Waals surface area (Å²) in [5, 5.41) is 37.8. The third-order valence-electron chi connectivity index (χ3n) is 5.05. The molecular weight excluding hydrogens is 550 g/mol. The zero-order valence-corrected chi connectivity index (χ0v) is 21.4. The number of rotatable bonds is 9. The molecule has 2 amide bonds. The largest absolute Gasteiger partial charge is 0.416 e. The van der Waals surface area contributed by atoms with Crippen molar-refractivity contribution in [1.82, 2.24) is 25.0 Å². The number of hydrogen-bond acceptors (Lipinski definition) is 7. The van der Waals surface area contributed by atoms with E-state index in [1.165, 1.54) is 28.9 Å². The second-order valence-corrected chi connectivity index (χ2v) is 8.97. The van der Waals surface area contributed by atoms with Crippen molar-refractivity contribution in [2.24, 2.45) is 0 Å². The van der Waals surface area contributed by atoms with Gasteiger partial charge in [-0.3, -0.25) is 10.3 Å². The lowest BCUT2D eigenvalue weighted by atomic mass is 10.2. The zero-order chi connectivity index (χ0) is 28.0. The van der Waals surface area contributed by atoms with Crippen LogP contribution in [0, 0.1) is 5.41 Å². The molecule has 0 bridgehead atoms. The summed E-state index contributed by atoms with van der Waals surface area (Å²) < 4.78 is 40.5. The molecule has 1 aromatic heterocycles. The molecule has 2 aromatic carbocycles. The summed E-state index contributed by atoms with van der Waals surface area (Å²) in [6.07, 6.45) is -8.63. The van der Waals surface area contributed by atoms with Crippen LogP contribution in [0.15, 0.2) is 48.5 Å². The van der Waals surface area contributed by atoms with E-state index in [9.17, 15) is 28.2 Å². The summed E-state index contributed by atoms with van der Waals surface area (Å²) in [5.41, 5.74) is 0.552. The smallest absolute Gasteiger partial charge is 0.392 e. The van der Waals surface area contributed by atoms with Gasteiger partial charge < -0.3 is 20.8 Å². The molecule has 0 aliphatic heterocycles. The van der Waals surface area contributed by atoms with Gasteiger partial charge in [0.15, 0.2) is 11.9 Å². The number of urea groups is 1. The van der Waals surface area contributed by atoms with Gasteiger partial charge in [-0.05, 0) is 43.3 Å². The Morgan fingerprint density at radius 1 is 1.16 bits per heavy atom. The van der Waals surface area contributed by atoms with E-state index in [0.29, 0.717) is 20.6 Å². The molecule has 38 heavy (non-hydrogen) atoms. The minimum absolute atomic E-state index is 0.0562. The van der Waals surface area contributed by atoms with Crippen molar-refractivity contribution in [3.63, 3.8) is 0 Å². The molecule has 0 radical (unpaired) electrons. The van der Waals surface area contributed by atoms with Gasteiger partial charge in [0, 0.05) is 17.1 Å². The monoisotopic (exact) mass is 573 g/mol. The van der Waals surface area contributed by atoms with E-state index in [1.807, 2.05) is 0 Å². The number of benzene rings is 2. The molecule has 3 rings (SSSR count). The van der Waals surface area contributed by atoms with Crippen molar-refractivity contribution >= 4 is 41.0 Å². The number of amides is 2. The molecule has 0 unspecified atom stereocenters. The predicted molar refractivity (Wildman–Crippen MR) is 136 cm³/mol. The Morgan fingerprint density at radius 2 is 1.82 bits per heavy atom. The molecule has 15 heteroatoms. The molecule has 2 atom stereocenters. The number of para-hydroxylation sites is 1. The number of aliphatic hydroxyl groups excluding tert-OH is 2. The fraction of sp³-hybridized carbons (Fsp3) is 0.304. The first kappa shape index (κ1) is 29.2. The number of halogens is 5. The molecule has 1 heterocycles. The van der Waals surface area contributed by atoms with Crippen LogP contribution < -0.4 is 10.6 Å². The second kappa shape index (κ2) is 12.4. The van der Waals surface area contributed by atoms with E-state index in [4.69, 9.17) is 28.6 Å². The van der Waals surface area contributed by atoms with Crippen molar-refractivity contribution in [1.29, 1.82) is 5.41 Å². The molecule has 0 aliphatic rings. The Bertz CT molecular complexity index is 1270. The highest BCUT2D eigenvalue weighted by atomic mass is 35.5. The Balaban J connectivity index is 1.84. The lowest BCUT2D eigenvalue weighted by Gasteiger charge is -2.26. The van der Waals surface area contributed by atoms with Crippen molar-refractivity contribution in [2.45, 2.75) is 31.9 Å². The van der Waals surface area contributed by atoms with Gasteiger partial charge in [0.05, 0.1) is 29.9 Å². The predicted octanol–water partition coefficient (Wildman–Crippen LogP) is 3.83. The van der Waals surface area contributed by atoms with Crippen LogP contribution in [-0.2, 0) is 6.54 Å². The Hall–Kier alpha value is -3.39. The first-order chi connectivity index (χ1) is 17.9. The molecule has 0 spiro atoms. The normalized spacial score (nSPS) is 13.1. The number of alkyl halides is 3. The number of carbonyl (C=O) groups excluding carboxylic acids is 1.